The van der Waals surface area contributed by atoms with E-state index < -0.39 is 0 Å². The first-order valence-corrected chi connectivity index (χ1v) is 6.87. The summed E-state index contributed by atoms with van der Waals surface area (Å²) in [5.74, 6) is 0.760. The third-order valence-electron chi connectivity index (χ3n) is 3.32. The van der Waals surface area contributed by atoms with Gasteiger partial charge in [0.05, 0.1) is 12.8 Å². The molecular formula is C16H18N2O2. The number of benzene rings is 1. The number of morpholine rings is 1. The third kappa shape index (κ3) is 3.15. The van der Waals surface area contributed by atoms with Gasteiger partial charge >= 0.3 is 0 Å². The minimum absolute atomic E-state index is 0.00589. The summed E-state index contributed by atoms with van der Waals surface area (Å²) >= 11 is 0. The Kier molecular flexibility index (Phi) is 4.25. The van der Waals surface area contributed by atoms with Crippen LogP contribution in [-0.4, -0.2) is 30.8 Å². The monoisotopic (exact) mass is 270 g/mol. The molecule has 104 valence electrons. The standard InChI is InChI=1S/C16H18N2O2/c1-2-5-13(6-3-1)16(15-12-18-9-10-19-15)20-14-7-4-8-17-11-14/h1-8,11,15-16,18H,9-10,12H2/t15?,16-/m0/s1. The number of nitrogens with zero attached hydrogens (tertiary/aromatic N) is 1. The van der Waals surface area contributed by atoms with Gasteiger partial charge in [-0.05, 0) is 17.7 Å². The van der Waals surface area contributed by atoms with Crippen molar-refractivity contribution in [1.82, 2.24) is 10.3 Å². The van der Waals surface area contributed by atoms with Crippen molar-refractivity contribution in [2.45, 2.75) is 12.2 Å². The maximum Gasteiger partial charge on any atom is 0.151 e. The van der Waals surface area contributed by atoms with Crippen LogP contribution in [0.3, 0.4) is 0 Å². The Hall–Kier alpha value is -1.91. The van der Waals surface area contributed by atoms with Gasteiger partial charge in [-0.3, -0.25) is 4.98 Å². The van der Waals surface area contributed by atoms with Crippen LogP contribution in [0.5, 0.6) is 5.75 Å². The molecule has 4 nitrogen and oxygen atoms in total. The number of nitrogens with one attached hydrogen (secondary N) is 1. The van der Waals surface area contributed by atoms with Crippen molar-refractivity contribution in [2.24, 2.45) is 0 Å². The molecule has 1 aromatic heterocycles. The van der Waals surface area contributed by atoms with Crippen LogP contribution < -0.4 is 10.1 Å². The van der Waals surface area contributed by atoms with Gasteiger partial charge in [0, 0.05) is 19.3 Å². The van der Waals surface area contributed by atoms with Gasteiger partial charge in [0.1, 0.15) is 11.9 Å². The molecule has 2 atom stereocenters. The molecule has 1 fully saturated rings. The smallest absolute Gasteiger partial charge is 0.151 e. The van der Waals surface area contributed by atoms with Gasteiger partial charge < -0.3 is 14.8 Å². The molecule has 0 amide bonds. The van der Waals surface area contributed by atoms with Gasteiger partial charge in [0.25, 0.3) is 0 Å². The Morgan fingerprint density at radius 3 is 2.80 bits per heavy atom. The summed E-state index contributed by atoms with van der Waals surface area (Å²) in [5, 5.41) is 3.35. The van der Waals surface area contributed by atoms with Crippen LogP contribution >= 0.6 is 0 Å². The van der Waals surface area contributed by atoms with Crippen LogP contribution in [0.1, 0.15) is 11.7 Å². The minimum atomic E-state index is -0.131. The SMILES string of the molecule is c1ccc([C@H](Oc2cccnc2)C2CNCCO2)cc1. The predicted molar refractivity (Wildman–Crippen MR) is 76.7 cm³/mol. The van der Waals surface area contributed by atoms with Crippen molar-refractivity contribution in [3.63, 3.8) is 0 Å². The highest BCUT2D eigenvalue weighted by Gasteiger charge is 2.27. The molecule has 1 N–H and O–H groups in total. The quantitative estimate of drug-likeness (QED) is 0.925. The lowest BCUT2D eigenvalue weighted by Gasteiger charge is -2.31. The lowest BCUT2D eigenvalue weighted by molar-refractivity contribution is -0.0433. The van der Waals surface area contributed by atoms with Gasteiger partial charge in [-0.1, -0.05) is 30.3 Å². The molecule has 0 aliphatic carbocycles. The molecule has 4 heteroatoms. The second-order valence-corrected chi connectivity index (χ2v) is 4.75. The second kappa shape index (κ2) is 6.50. The number of rotatable bonds is 4. The normalized spacial score (nSPS) is 20.3. The first kappa shape index (κ1) is 13.1. The second-order valence-electron chi connectivity index (χ2n) is 4.75. The first-order valence-electron chi connectivity index (χ1n) is 6.87. The summed E-state index contributed by atoms with van der Waals surface area (Å²) in [6.07, 6.45) is 3.34. The number of ether oxygens (including phenoxy) is 2. The van der Waals surface area contributed by atoms with Gasteiger partial charge in [-0.15, -0.1) is 0 Å². The van der Waals surface area contributed by atoms with E-state index in [1.165, 1.54) is 0 Å². The molecule has 20 heavy (non-hydrogen) atoms. The van der Waals surface area contributed by atoms with E-state index in [4.69, 9.17) is 9.47 Å². The molecule has 1 aliphatic heterocycles. The Labute approximate surface area is 118 Å². The summed E-state index contributed by atoms with van der Waals surface area (Å²) < 4.78 is 12.0. The van der Waals surface area contributed by atoms with Gasteiger partial charge in [0.15, 0.2) is 6.10 Å². The average Bonchev–Trinajstić information content (AvgIpc) is 2.55. The molecular weight excluding hydrogens is 252 g/mol. The fourth-order valence-corrected chi connectivity index (χ4v) is 2.34. The summed E-state index contributed by atoms with van der Waals surface area (Å²) in [6, 6.07) is 14.0. The van der Waals surface area contributed by atoms with Crippen molar-refractivity contribution in [3.8, 4) is 5.75 Å². The molecule has 0 saturated carbocycles. The van der Waals surface area contributed by atoms with Crippen LogP contribution in [0.25, 0.3) is 0 Å². The molecule has 1 aromatic carbocycles. The zero-order valence-electron chi connectivity index (χ0n) is 11.2. The summed E-state index contributed by atoms with van der Waals surface area (Å²) in [5.41, 5.74) is 1.12. The van der Waals surface area contributed by atoms with Crippen molar-refractivity contribution in [3.05, 3.63) is 60.4 Å². The minimum Gasteiger partial charge on any atom is -0.481 e. The number of aromatic nitrogens is 1. The Bertz CT molecular complexity index is 513. The Morgan fingerprint density at radius 1 is 1.20 bits per heavy atom. The Morgan fingerprint density at radius 2 is 2.10 bits per heavy atom. The zero-order chi connectivity index (χ0) is 13.6. The highest BCUT2D eigenvalue weighted by Crippen LogP contribution is 2.26. The molecule has 0 bridgehead atoms. The van der Waals surface area contributed by atoms with Crippen LogP contribution in [0.4, 0.5) is 0 Å². The van der Waals surface area contributed by atoms with E-state index in [1.54, 1.807) is 12.4 Å². The van der Waals surface area contributed by atoms with Crippen LogP contribution in [0.2, 0.25) is 0 Å². The lowest BCUT2D eigenvalue weighted by atomic mass is 10.0. The van der Waals surface area contributed by atoms with Gasteiger partial charge in [-0.2, -0.15) is 0 Å². The molecule has 1 unspecified atom stereocenters. The van der Waals surface area contributed by atoms with Crippen LogP contribution in [0, 0.1) is 0 Å². The topological polar surface area (TPSA) is 43.4 Å². The molecule has 0 spiro atoms. The fraction of sp³-hybridized carbons (Fsp3) is 0.312. The van der Waals surface area contributed by atoms with E-state index in [9.17, 15) is 0 Å². The van der Waals surface area contributed by atoms with Crippen LogP contribution in [0.15, 0.2) is 54.9 Å². The van der Waals surface area contributed by atoms with Crippen molar-refractivity contribution in [2.75, 3.05) is 19.7 Å². The molecule has 1 saturated heterocycles. The predicted octanol–water partition coefficient (Wildman–Crippen LogP) is 2.19. The molecule has 1 aliphatic rings. The van der Waals surface area contributed by atoms with E-state index in [0.717, 1.165) is 24.4 Å². The third-order valence-corrected chi connectivity index (χ3v) is 3.32. The largest absolute Gasteiger partial charge is 0.481 e. The molecule has 2 heterocycles. The van der Waals surface area contributed by atoms with E-state index in [1.807, 2.05) is 30.3 Å². The van der Waals surface area contributed by atoms with E-state index in [-0.39, 0.29) is 12.2 Å². The summed E-state index contributed by atoms with van der Waals surface area (Å²) in [4.78, 5) is 4.10. The lowest BCUT2D eigenvalue weighted by Crippen LogP contribution is -2.43. The van der Waals surface area contributed by atoms with Gasteiger partial charge in [-0.25, -0.2) is 0 Å². The van der Waals surface area contributed by atoms with E-state index >= 15 is 0 Å². The highest BCUT2D eigenvalue weighted by molar-refractivity contribution is 5.23. The molecule has 3 rings (SSSR count). The van der Waals surface area contributed by atoms with Crippen molar-refractivity contribution < 1.29 is 9.47 Å². The van der Waals surface area contributed by atoms with Gasteiger partial charge in [0.2, 0.25) is 0 Å². The average molecular weight is 270 g/mol. The van der Waals surface area contributed by atoms with Crippen molar-refractivity contribution in [1.29, 1.82) is 0 Å². The van der Waals surface area contributed by atoms with E-state index in [0.29, 0.717) is 6.61 Å². The first-order chi connectivity index (χ1) is 9.93. The number of pyridine rings is 1. The van der Waals surface area contributed by atoms with Crippen LogP contribution in [-0.2, 0) is 4.74 Å². The molecule has 0 radical (unpaired) electrons. The fourth-order valence-electron chi connectivity index (χ4n) is 2.34. The van der Waals surface area contributed by atoms with Crippen molar-refractivity contribution >= 4 is 0 Å². The van der Waals surface area contributed by atoms with E-state index in [2.05, 4.69) is 22.4 Å². The Balaban J connectivity index is 1.83. The maximum absolute atomic E-state index is 6.11. The zero-order valence-corrected chi connectivity index (χ0v) is 11.2. The molecule has 2 aromatic rings. The maximum atomic E-state index is 6.11. The highest BCUT2D eigenvalue weighted by atomic mass is 16.5. The number of hydrogen-bond donors (Lipinski definition) is 1. The summed E-state index contributed by atoms with van der Waals surface area (Å²) in [7, 11) is 0. The summed E-state index contributed by atoms with van der Waals surface area (Å²) in [6.45, 7) is 2.40. The number of hydrogen-bond acceptors (Lipinski definition) is 4.